The molecule has 1 aliphatic heterocycles. The molecule has 0 fully saturated rings. The van der Waals surface area contributed by atoms with Gasteiger partial charge in [-0.1, -0.05) is 23.5 Å². The van der Waals surface area contributed by atoms with E-state index < -0.39 is 0 Å². The Morgan fingerprint density at radius 2 is 2.39 bits per heavy atom. The summed E-state index contributed by atoms with van der Waals surface area (Å²) in [4.78, 5) is 20.3. The maximum absolute atomic E-state index is 12.0. The number of hydrogen-bond donors (Lipinski definition) is 1. The molecule has 1 N–H and O–H groups in total. The van der Waals surface area contributed by atoms with Crippen molar-refractivity contribution in [3.63, 3.8) is 0 Å². The first-order valence-electron chi connectivity index (χ1n) is 7.21. The summed E-state index contributed by atoms with van der Waals surface area (Å²) in [6, 6.07) is 3.81. The standard InChI is InChI=1S/C14H16N6OS2/c1-2-20-12(10-4-3-5-15-8-10)18-19-14(20)23-9-11(21)17-13-16-6-7-22-13/h3-5,8H,2,6-7,9H2,1H3,(H,16,17,21). The first kappa shape index (κ1) is 16.0. The molecular weight excluding hydrogens is 332 g/mol. The van der Waals surface area contributed by atoms with Crippen LogP contribution in [0.4, 0.5) is 0 Å². The van der Waals surface area contributed by atoms with Crippen LogP contribution >= 0.6 is 23.5 Å². The van der Waals surface area contributed by atoms with Crippen LogP contribution < -0.4 is 5.32 Å². The predicted octanol–water partition coefficient (Wildman–Crippen LogP) is 1.67. The summed E-state index contributed by atoms with van der Waals surface area (Å²) >= 11 is 2.94. The normalized spacial score (nSPS) is 13.9. The molecule has 0 radical (unpaired) electrons. The van der Waals surface area contributed by atoms with E-state index in [9.17, 15) is 4.79 Å². The smallest absolute Gasteiger partial charge is 0.236 e. The Kier molecular flexibility index (Phi) is 5.29. The Morgan fingerprint density at radius 1 is 1.48 bits per heavy atom. The number of hydrogen-bond acceptors (Lipinski definition) is 7. The zero-order chi connectivity index (χ0) is 16.1. The van der Waals surface area contributed by atoms with E-state index >= 15 is 0 Å². The van der Waals surface area contributed by atoms with Gasteiger partial charge in [-0.15, -0.1) is 10.2 Å². The topological polar surface area (TPSA) is 85.1 Å². The van der Waals surface area contributed by atoms with Crippen LogP contribution in [0.1, 0.15) is 6.92 Å². The number of pyridine rings is 1. The number of aromatic nitrogens is 4. The Bertz CT molecular complexity index is 715. The van der Waals surface area contributed by atoms with E-state index in [1.165, 1.54) is 11.8 Å². The lowest BCUT2D eigenvalue weighted by Crippen LogP contribution is -2.29. The van der Waals surface area contributed by atoms with Gasteiger partial charge < -0.3 is 9.88 Å². The van der Waals surface area contributed by atoms with Crippen molar-refractivity contribution in [3.05, 3.63) is 24.5 Å². The van der Waals surface area contributed by atoms with Gasteiger partial charge in [-0.3, -0.25) is 14.8 Å². The molecule has 1 aliphatic rings. The lowest BCUT2D eigenvalue weighted by Gasteiger charge is -2.07. The molecule has 23 heavy (non-hydrogen) atoms. The van der Waals surface area contributed by atoms with Gasteiger partial charge in [0, 0.05) is 30.3 Å². The van der Waals surface area contributed by atoms with Gasteiger partial charge in [-0.2, -0.15) is 0 Å². The molecule has 0 spiro atoms. The quantitative estimate of drug-likeness (QED) is 0.828. The predicted molar refractivity (Wildman–Crippen MR) is 92.6 cm³/mol. The van der Waals surface area contributed by atoms with Crippen molar-refractivity contribution in [2.45, 2.75) is 18.6 Å². The lowest BCUT2D eigenvalue weighted by molar-refractivity contribution is -0.117. The largest absolute Gasteiger partial charge is 0.305 e. The van der Waals surface area contributed by atoms with Crippen LogP contribution in [0.5, 0.6) is 0 Å². The summed E-state index contributed by atoms with van der Waals surface area (Å²) < 4.78 is 1.98. The number of amides is 1. The average molecular weight is 348 g/mol. The minimum Gasteiger partial charge on any atom is -0.305 e. The Balaban J connectivity index is 1.66. The lowest BCUT2D eigenvalue weighted by atomic mass is 10.3. The molecule has 0 aromatic carbocycles. The number of rotatable bonds is 5. The van der Waals surface area contributed by atoms with Crippen molar-refractivity contribution in [1.82, 2.24) is 25.1 Å². The Labute approximate surface area is 142 Å². The van der Waals surface area contributed by atoms with E-state index in [1.807, 2.05) is 23.6 Å². The van der Waals surface area contributed by atoms with E-state index in [0.29, 0.717) is 5.17 Å². The van der Waals surface area contributed by atoms with E-state index in [0.717, 1.165) is 35.4 Å². The Morgan fingerprint density at radius 3 is 3.09 bits per heavy atom. The number of amidine groups is 1. The summed E-state index contributed by atoms with van der Waals surface area (Å²) in [6.07, 6.45) is 3.48. The van der Waals surface area contributed by atoms with Gasteiger partial charge >= 0.3 is 0 Å². The molecule has 0 atom stereocenters. The van der Waals surface area contributed by atoms with E-state index in [4.69, 9.17) is 0 Å². The van der Waals surface area contributed by atoms with E-state index in [-0.39, 0.29) is 11.7 Å². The third-order valence-electron chi connectivity index (χ3n) is 3.12. The molecule has 3 heterocycles. The van der Waals surface area contributed by atoms with Crippen LogP contribution in [0.3, 0.4) is 0 Å². The molecule has 9 heteroatoms. The van der Waals surface area contributed by atoms with E-state index in [1.54, 1.807) is 24.2 Å². The molecule has 120 valence electrons. The SMILES string of the molecule is CCn1c(SCC(=O)NC2=NCCS2)nnc1-c1cccnc1. The highest BCUT2D eigenvalue weighted by Crippen LogP contribution is 2.23. The molecule has 0 bridgehead atoms. The summed E-state index contributed by atoms with van der Waals surface area (Å²) in [5.41, 5.74) is 0.912. The van der Waals surface area contributed by atoms with Gasteiger partial charge in [0.05, 0.1) is 12.3 Å². The minimum atomic E-state index is -0.0725. The van der Waals surface area contributed by atoms with Crippen LogP contribution in [-0.2, 0) is 11.3 Å². The number of nitrogens with one attached hydrogen (secondary N) is 1. The van der Waals surface area contributed by atoms with Crippen molar-refractivity contribution < 1.29 is 4.79 Å². The first-order valence-corrected chi connectivity index (χ1v) is 9.18. The number of carbonyl (C=O) groups is 1. The highest BCUT2D eigenvalue weighted by atomic mass is 32.2. The van der Waals surface area contributed by atoms with Gasteiger partial charge in [0.1, 0.15) is 0 Å². The van der Waals surface area contributed by atoms with Crippen LogP contribution in [0.15, 0.2) is 34.7 Å². The molecule has 1 amide bonds. The fourth-order valence-electron chi connectivity index (χ4n) is 2.09. The maximum Gasteiger partial charge on any atom is 0.236 e. The highest BCUT2D eigenvalue weighted by molar-refractivity contribution is 8.14. The molecule has 2 aromatic heterocycles. The zero-order valence-corrected chi connectivity index (χ0v) is 14.2. The third-order valence-corrected chi connectivity index (χ3v) is 4.98. The molecule has 7 nitrogen and oxygen atoms in total. The minimum absolute atomic E-state index is 0.0725. The molecule has 2 aromatic rings. The van der Waals surface area contributed by atoms with Crippen LogP contribution in [0.2, 0.25) is 0 Å². The van der Waals surface area contributed by atoms with Gasteiger partial charge in [0.25, 0.3) is 0 Å². The highest BCUT2D eigenvalue weighted by Gasteiger charge is 2.16. The zero-order valence-electron chi connectivity index (χ0n) is 12.6. The monoisotopic (exact) mass is 348 g/mol. The van der Waals surface area contributed by atoms with Crippen molar-refractivity contribution in [2.24, 2.45) is 4.99 Å². The fourth-order valence-corrected chi connectivity index (χ4v) is 3.63. The summed E-state index contributed by atoms with van der Waals surface area (Å²) in [5, 5.41) is 12.7. The Hall–Kier alpha value is -1.87. The van der Waals surface area contributed by atoms with Crippen LogP contribution in [0.25, 0.3) is 11.4 Å². The summed E-state index contributed by atoms with van der Waals surface area (Å²) in [6.45, 7) is 3.52. The molecular formula is C14H16N6OS2. The number of carbonyl (C=O) groups excluding carboxylic acids is 1. The second-order valence-electron chi connectivity index (χ2n) is 4.66. The van der Waals surface area contributed by atoms with Gasteiger partial charge in [0.2, 0.25) is 5.91 Å². The number of aliphatic imine (C=N–C) groups is 1. The van der Waals surface area contributed by atoms with Gasteiger partial charge in [-0.05, 0) is 19.1 Å². The molecule has 3 rings (SSSR count). The second kappa shape index (κ2) is 7.60. The first-order chi connectivity index (χ1) is 11.3. The second-order valence-corrected chi connectivity index (χ2v) is 6.69. The van der Waals surface area contributed by atoms with Crippen molar-refractivity contribution >= 4 is 34.6 Å². The summed E-state index contributed by atoms with van der Waals surface area (Å²) in [7, 11) is 0. The van der Waals surface area contributed by atoms with E-state index in [2.05, 4.69) is 25.5 Å². The molecule has 0 saturated heterocycles. The van der Waals surface area contributed by atoms with Gasteiger partial charge in [-0.25, -0.2) is 0 Å². The van der Waals surface area contributed by atoms with Gasteiger partial charge in [0.15, 0.2) is 16.1 Å². The van der Waals surface area contributed by atoms with Crippen molar-refractivity contribution in [3.8, 4) is 11.4 Å². The average Bonchev–Trinajstić information content (AvgIpc) is 3.22. The third kappa shape index (κ3) is 3.91. The molecule has 0 unspecified atom stereocenters. The van der Waals surface area contributed by atoms with Crippen LogP contribution in [0, 0.1) is 0 Å². The van der Waals surface area contributed by atoms with Crippen molar-refractivity contribution in [1.29, 1.82) is 0 Å². The van der Waals surface area contributed by atoms with Crippen molar-refractivity contribution in [2.75, 3.05) is 18.1 Å². The number of thioether (sulfide) groups is 2. The number of nitrogens with zero attached hydrogens (tertiary/aromatic N) is 5. The molecule has 0 aliphatic carbocycles. The maximum atomic E-state index is 12.0. The van der Waals surface area contributed by atoms with Crippen LogP contribution in [-0.4, -0.2) is 48.9 Å². The fraction of sp³-hybridized carbons (Fsp3) is 0.357. The molecule has 0 saturated carbocycles. The summed E-state index contributed by atoms with van der Waals surface area (Å²) in [5.74, 6) is 1.91.